The molecule has 6 rings (SSSR count). The lowest BCUT2D eigenvalue weighted by Crippen LogP contribution is -2.49. The molecule has 0 saturated carbocycles. The minimum atomic E-state index is -0.0851. The summed E-state index contributed by atoms with van der Waals surface area (Å²) in [6.45, 7) is 6.67. The van der Waals surface area contributed by atoms with E-state index in [0.29, 0.717) is 61.9 Å². The van der Waals surface area contributed by atoms with E-state index in [0.717, 1.165) is 24.3 Å². The first-order valence-electron chi connectivity index (χ1n) is 12.5. The van der Waals surface area contributed by atoms with Crippen molar-refractivity contribution in [1.82, 2.24) is 19.6 Å². The summed E-state index contributed by atoms with van der Waals surface area (Å²) >= 11 is 0. The van der Waals surface area contributed by atoms with Gasteiger partial charge in [0, 0.05) is 68.2 Å². The SMILES string of the molecule is CCn1nc(C(=O)N2CCN(c3ccccc3)CC2)c2c1CCN(C(=O)c1ccc3c(c1)OCO3)C2. The second-order valence-corrected chi connectivity index (χ2v) is 9.25. The van der Waals surface area contributed by atoms with Gasteiger partial charge in [-0.25, -0.2) is 0 Å². The Morgan fingerprint density at radius 2 is 1.67 bits per heavy atom. The molecule has 3 aromatic rings. The summed E-state index contributed by atoms with van der Waals surface area (Å²) in [6.07, 6.45) is 0.668. The number of carbonyl (C=O) groups excluding carboxylic acids is 2. The molecule has 2 aromatic carbocycles. The van der Waals surface area contributed by atoms with Crippen molar-refractivity contribution >= 4 is 17.5 Å². The average molecular weight is 488 g/mol. The molecule has 0 unspecified atom stereocenters. The van der Waals surface area contributed by atoms with E-state index in [1.165, 1.54) is 5.69 Å². The minimum Gasteiger partial charge on any atom is -0.454 e. The van der Waals surface area contributed by atoms with Gasteiger partial charge in [-0.15, -0.1) is 0 Å². The number of fused-ring (bicyclic) bond motifs is 2. The Hall–Kier alpha value is -4.01. The molecule has 9 nitrogen and oxygen atoms in total. The standard InChI is InChI=1S/C27H29N5O4/c1-2-32-22-10-11-31(26(33)19-8-9-23-24(16-19)36-18-35-23)17-21(22)25(28-32)27(34)30-14-12-29(13-15-30)20-6-4-3-5-7-20/h3-9,16H,2,10-15,17-18H2,1H3. The number of carbonyl (C=O) groups is 2. The molecule has 0 atom stereocenters. The molecule has 0 bridgehead atoms. The van der Waals surface area contributed by atoms with Crippen molar-refractivity contribution in [1.29, 1.82) is 0 Å². The van der Waals surface area contributed by atoms with Crippen LogP contribution in [0.25, 0.3) is 0 Å². The first kappa shape index (κ1) is 22.5. The summed E-state index contributed by atoms with van der Waals surface area (Å²) in [7, 11) is 0. The first-order chi connectivity index (χ1) is 17.6. The summed E-state index contributed by atoms with van der Waals surface area (Å²) in [6, 6.07) is 15.5. The molecule has 0 spiro atoms. The Labute approximate surface area is 209 Å². The molecule has 3 aliphatic rings. The predicted octanol–water partition coefficient (Wildman–Crippen LogP) is 2.79. The zero-order chi connectivity index (χ0) is 24.6. The second-order valence-electron chi connectivity index (χ2n) is 9.25. The fraction of sp³-hybridized carbons (Fsp3) is 0.370. The van der Waals surface area contributed by atoms with Gasteiger partial charge in [0.1, 0.15) is 0 Å². The Balaban J connectivity index is 1.20. The Morgan fingerprint density at radius 1 is 0.889 bits per heavy atom. The molecular formula is C27H29N5O4. The quantitative estimate of drug-likeness (QED) is 0.563. The van der Waals surface area contributed by atoms with Crippen molar-refractivity contribution in [3.8, 4) is 11.5 Å². The maximum absolute atomic E-state index is 13.6. The molecule has 2 amide bonds. The molecule has 4 heterocycles. The van der Waals surface area contributed by atoms with Crippen LogP contribution < -0.4 is 14.4 Å². The van der Waals surface area contributed by atoms with Gasteiger partial charge in [0.05, 0.1) is 6.54 Å². The number of para-hydroxylation sites is 1. The number of aryl methyl sites for hydroxylation is 1. The number of rotatable bonds is 4. The van der Waals surface area contributed by atoms with Gasteiger partial charge >= 0.3 is 0 Å². The zero-order valence-corrected chi connectivity index (χ0v) is 20.4. The van der Waals surface area contributed by atoms with Crippen molar-refractivity contribution in [2.24, 2.45) is 0 Å². The second kappa shape index (κ2) is 9.22. The van der Waals surface area contributed by atoms with E-state index in [1.54, 1.807) is 23.1 Å². The molecular weight excluding hydrogens is 458 g/mol. The third-order valence-electron chi connectivity index (χ3n) is 7.23. The Bertz CT molecular complexity index is 1300. The average Bonchev–Trinajstić information content (AvgIpc) is 3.56. The molecule has 1 aromatic heterocycles. The van der Waals surface area contributed by atoms with Crippen LogP contribution in [-0.2, 0) is 19.5 Å². The summed E-state index contributed by atoms with van der Waals surface area (Å²) in [5.74, 6) is 1.10. The van der Waals surface area contributed by atoms with Crippen molar-refractivity contribution < 1.29 is 19.1 Å². The number of benzene rings is 2. The maximum atomic E-state index is 13.6. The molecule has 3 aliphatic heterocycles. The topological polar surface area (TPSA) is 80.1 Å². The monoisotopic (exact) mass is 487 g/mol. The van der Waals surface area contributed by atoms with Gasteiger partial charge in [-0.05, 0) is 37.3 Å². The highest BCUT2D eigenvalue weighted by Crippen LogP contribution is 2.33. The van der Waals surface area contributed by atoms with Crippen LogP contribution in [-0.4, -0.2) is 70.9 Å². The normalized spacial score (nSPS) is 16.8. The highest BCUT2D eigenvalue weighted by Gasteiger charge is 2.33. The number of ether oxygens (including phenoxy) is 2. The van der Waals surface area contributed by atoms with Crippen LogP contribution in [0, 0.1) is 0 Å². The summed E-state index contributed by atoms with van der Waals surface area (Å²) in [4.78, 5) is 32.9. The van der Waals surface area contributed by atoms with E-state index >= 15 is 0 Å². The van der Waals surface area contributed by atoms with Crippen molar-refractivity contribution in [2.45, 2.75) is 26.4 Å². The van der Waals surface area contributed by atoms with Gasteiger partial charge in [-0.1, -0.05) is 18.2 Å². The Morgan fingerprint density at radius 3 is 2.44 bits per heavy atom. The molecule has 186 valence electrons. The Kier molecular flexibility index (Phi) is 5.75. The van der Waals surface area contributed by atoms with Crippen LogP contribution in [0.3, 0.4) is 0 Å². The van der Waals surface area contributed by atoms with Crippen LogP contribution in [0.15, 0.2) is 48.5 Å². The van der Waals surface area contributed by atoms with Crippen LogP contribution in [0.5, 0.6) is 11.5 Å². The van der Waals surface area contributed by atoms with Crippen molar-refractivity contribution in [3.05, 3.63) is 71.0 Å². The van der Waals surface area contributed by atoms with E-state index in [4.69, 9.17) is 14.6 Å². The molecule has 0 N–H and O–H groups in total. The summed E-state index contributed by atoms with van der Waals surface area (Å²) in [5, 5.41) is 4.71. The highest BCUT2D eigenvalue weighted by atomic mass is 16.7. The first-order valence-corrected chi connectivity index (χ1v) is 12.5. The number of nitrogens with zero attached hydrogens (tertiary/aromatic N) is 5. The molecule has 0 aliphatic carbocycles. The minimum absolute atomic E-state index is 0.0523. The molecule has 1 fully saturated rings. The van der Waals surface area contributed by atoms with Gasteiger partial charge in [0.25, 0.3) is 11.8 Å². The zero-order valence-electron chi connectivity index (χ0n) is 20.4. The van der Waals surface area contributed by atoms with E-state index in [-0.39, 0.29) is 18.6 Å². The van der Waals surface area contributed by atoms with E-state index in [9.17, 15) is 9.59 Å². The molecule has 36 heavy (non-hydrogen) atoms. The summed E-state index contributed by atoms with van der Waals surface area (Å²) in [5.41, 5.74) is 4.12. The van der Waals surface area contributed by atoms with Gasteiger partial charge in [0.2, 0.25) is 6.79 Å². The lowest BCUT2D eigenvalue weighted by atomic mass is 10.0. The van der Waals surface area contributed by atoms with E-state index < -0.39 is 0 Å². The number of anilines is 1. The van der Waals surface area contributed by atoms with E-state index in [2.05, 4.69) is 17.0 Å². The lowest BCUT2D eigenvalue weighted by molar-refractivity contribution is 0.0709. The van der Waals surface area contributed by atoms with Gasteiger partial charge < -0.3 is 24.2 Å². The fourth-order valence-corrected chi connectivity index (χ4v) is 5.27. The number of piperazine rings is 1. The largest absolute Gasteiger partial charge is 0.454 e. The van der Waals surface area contributed by atoms with Gasteiger partial charge in [0.15, 0.2) is 17.2 Å². The molecule has 0 radical (unpaired) electrons. The smallest absolute Gasteiger partial charge is 0.274 e. The predicted molar refractivity (Wildman–Crippen MR) is 133 cm³/mol. The summed E-state index contributed by atoms with van der Waals surface area (Å²) < 4.78 is 12.7. The molecule has 9 heteroatoms. The van der Waals surface area contributed by atoms with Gasteiger partial charge in [-0.2, -0.15) is 5.10 Å². The molecule has 1 saturated heterocycles. The van der Waals surface area contributed by atoms with Crippen LogP contribution in [0.4, 0.5) is 5.69 Å². The lowest BCUT2D eigenvalue weighted by Gasteiger charge is -2.36. The van der Waals surface area contributed by atoms with Crippen LogP contribution in [0.2, 0.25) is 0 Å². The third kappa shape index (κ3) is 3.94. The van der Waals surface area contributed by atoms with E-state index in [1.807, 2.05) is 34.7 Å². The number of aromatic nitrogens is 2. The highest BCUT2D eigenvalue weighted by molar-refractivity contribution is 5.97. The number of hydrogen-bond donors (Lipinski definition) is 0. The van der Waals surface area contributed by atoms with Crippen molar-refractivity contribution in [3.63, 3.8) is 0 Å². The fourth-order valence-electron chi connectivity index (χ4n) is 5.27. The van der Waals surface area contributed by atoms with Crippen molar-refractivity contribution in [2.75, 3.05) is 44.4 Å². The maximum Gasteiger partial charge on any atom is 0.274 e. The number of amides is 2. The van der Waals surface area contributed by atoms with Crippen LogP contribution >= 0.6 is 0 Å². The van der Waals surface area contributed by atoms with Gasteiger partial charge in [-0.3, -0.25) is 14.3 Å². The number of hydrogen-bond acceptors (Lipinski definition) is 6. The van der Waals surface area contributed by atoms with Crippen LogP contribution in [0.1, 0.15) is 39.0 Å². The third-order valence-corrected chi connectivity index (χ3v) is 7.23.